The number of nitrogens with one attached hydrogen (secondary N) is 2. The van der Waals surface area contributed by atoms with E-state index >= 15 is 0 Å². The lowest BCUT2D eigenvalue weighted by Gasteiger charge is -2.10. The predicted octanol–water partition coefficient (Wildman–Crippen LogP) is 2.92. The topological polar surface area (TPSA) is 50.4 Å². The third kappa shape index (κ3) is 5.29. The zero-order chi connectivity index (χ0) is 16.5. The number of urea groups is 1. The first kappa shape index (κ1) is 16.8. The summed E-state index contributed by atoms with van der Waals surface area (Å²) in [5, 5.41) is 5.51. The number of hydrogen-bond acceptors (Lipinski definition) is 2. The van der Waals surface area contributed by atoms with Crippen LogP contribution in [-0.2, 0) is 12.8 Å². The van der Waals surface area contributed by atoms with Crippen LogP contribution in [0.5, 0.6) is 5.75 Å². The van der Waals surface area contributed by atoms with E-state index in [1.54, 1.807) is 25.3 Å². The second-order valence-corrected chi connectivity index (χ2v) is 5.09. The number of para-hydroxylation sites is 1. The van der Waals surface area contributed by atoms with Crippen LogP contribution >= 0.6 is 0 Å². The molecule has 23 heavy (non-hydrogen) atoms. The van der Waals surface area contributed by atoms with Gasteiger partial charge in [0.1, 0.15) is 11.6 Å². The molecule has 2 aromatic carbocycles. The maximum absolute atomic E-state index is 13.4. The van der Waals surface area contributed by atoms with Crippen molar-refractivity contribution in [3.8, 4) is 5.75 Å². The molecule has 5 heteroatoms. The summed E-state index contributed by atoms with van der Waals surface area (Å²) in [6, 6.07) is 14.0. The Kier molecular flexibility index (Phi) is 6.41. The van der Waals surface area contributed by atoms with Gasteiger partial charge in [-0.3, -0.25) is 0 Å². The first-order valence-electron chi connectivity index (χ1n) is 7.57. The molecule has 4 nitrogen and oxygen atoms in total. The molecule has 2 rings (SSSR count). The quantitative estimate of drug-likeness (QED) is 0.825. The Hall–Kier alpha value is -2.56. The third-order valence-corrected chi connectivity index (χ3v) is 3.51. The molecule has 0 atom stereocenters. The molecule has 2 N–H and O–H groups in total. The number of methoxy groups -OCH3 is 1. The number of rotatable bonds is 7. The van der Waals surface area contributed by atoms with Crippen molar-refractivity contribution in [3.63, 3.8) is 0 Å². The van der Waals surface area contributed by atoms with Gasteiger partial charge in [0.15, 0.2) is 0 Å². The van der Waals surface area contributed by atoms with E-state index in [1.165, 1.54) is 6.07 Å². The van der Waals surface area contributed by atoms with Crippen LogP contribution in [0.3, 0.4) is 0 Å². The van der Waals surface area contributed by atoms with E-state index in [0.29, 0.717) is 31.5 Å². The van der Waals surface area contributed by atoms with Gasteiger partial charge in [-0.2, -0.15) is 0 Å². The van der Waals surface area contributed by atoms with Crippen molar-refractivity contribution >= 4 is 6.03 Å². The van der Waals surface area contributed by atoms with Crippen molar-refractivity contribution in [2.75, 3.05) is 20.2 Å². The molecule has 0 aliphatic heterocycles. The fraction of sp³-hybridized carbons (Fsp3) is 0.278. The van der Waals surface area contributed by atoms with Gasteiger partial charge in [-0.1, -0.05) is 36.4 Å². The van der Waals surface area contributed by atoms with E-state index in [4.69, 9.17) is 4.74 Å². The first-order valence-corrected chi connectivity index (χ1v) is 7.57. The standard InChI is InChI=1S/C18H21FN2O2/c1-23-17-9-5-3-7-15(17)11-13-21-18(22)20-12-10-14-6-2-4-8-16(14)19/h2-9H,10-13H2,1H3,(H2,20,21,22). The fourth-order valence-electron chi connectivity index (χ4n) is 2.29. The van der Waals surface area contributed by atoms with Gasteiger partial charge in [0.2, 0.25) is 0 Å². The highest BCUT2D eigenvalue weighted by atomic mass is 19.1. The van der Waals surface area contributed by atoms with Gasteiger partial charge in [-0.15, -0.1) is 0 Å². The van der Waals surface area contributed by atoms with E-state index in [0.717, 1.165) is 11.3 Å². The Morgan fingerprint density at radius 3 is 2.17 bits per heavy atom. The molecule has 0 bridgehead atoms. The van der Waals surface area contributed by atoms with Crippen LogP contribution in [0.2, 0.25) is 0 Å². The average molecular weight is 316 g/mol. The van der Waals surface area contributed by atoms with Gasteiger partial charge in [0.25, 0.3) is 0 Å². The smallest absolute Gasteiger partial charge is 0.314 e. The minimum atomic E-state index is -0.253. The minimum absolute atomic E-state index is 0.245. The van der Waals surface area contributed by atoms with Crippen molar-refractivity contribution in [1.29, 1.82) is 0 Å². The SMILES string of the molecule is COc1ccccc1CCNC(=O)NCCc1ccccc1F. The van der Waals surface area contributed by atoms with Gasteiger partial charge in [0.05, 0.1) is 7.11 Å². The van der Waals surface area contributed by atoms with E-state index in [2.05, 4.69) is 10.6 Å². The van der Waals surface area contributed by atoms with E-state index in [-0.39, 0.29) is 11.8 Å². The summed E-state index contributed by atoms with van der Waals surface area (Å²) in [6.07, 6.45) is 1.15. The fourth-order valence-corrected chi connectivity index (χ4v) is 2.29. The summed E-state index contributed by atoms with van der Waals surface area (Å²) in [5.41, 5.74) is 1.64. The molecule has 2 amide bonds. The van der Waals surface area contributed by atoms with Gasteiger partial charge < -0.3 is 15.4 Å². The Morgan fingerprint density at radius 1 is 0.957 bits per heavy atom. The van der Waals surface area contributed by atoms with Crippen molar-refractivity contribution in [1.82, 2.24) is 10.6 Å². The number of hydrogen-bond donors (Lipinski definition) is 2. The van der Waals surface area contributed by atoms with Crippen molar-refractivity contribution in [2.45, 2.75) is 12.8 Å². The van der Waals surface area contributed by atoms with E-state index < -0.39 is 0 Å². The lowest BCUT2D eigenvalue weighted by atomic mass is 10.1. The highest BCUT2D eigenvalue weighted by Crippen LogP contribution is 2.17. The second-order valence-electron chi connectivity index (χ2n) is 5.09. The van der Waals surface area contributed by atoms with Crippen molar-refractivity contribution < 1.29 is 13.9 Å². The third-order valence-electron chi connectivity index (χ3n) is 3.51. The van der Waals surface area contributed by atoms with Crippen LogP contribution in [0.1, 0.15) is 11.1 Å². The van der Waals surface area contributed by atoms with Gasteiger partial charge >= 0.3 is 6.03 Å². The summed E-state index contributed by atoms with van der Waals surface area (Å²) < 4.78 is 18.7. The van der Waals surface area contributed by atoms with Crippen LogP contribution in [0.4, 0.5) is 9.18 Å². The molecule has 0 saturated heterocycles. The molecular weight excluding hydrogens is 295 g/mol. The zero-order valence-corrected chi connectivity index (χ0v) is 13.1. The van der Waals surface area contributed by atoms with Crippen LogP contribution in [0.25, 0.3) is 0 Å². The van der Waals surface area contributed by atoms with Crippen LogP contribution in [0.15, 0.2) is 48.5 Å². The highest BCUT2D eigenvalue weighted by molar-refractivity contribution is 5.73. The summed E-state index contributed by atoms with van der Waals surface area (Å²) >= 11 is 0. The predicted molar refractivity (Wildman–Crippen MR) is 88.2 cm³/mol. The van der Waals surface area contributed by atoms with E-state index in [9.17, 15) is 9.18 Å². The molecule has 0 aromatic heterocycles. The van der Waals surface area contributed by atoms with Crippen LogP contribution in [0, 0.1) is 5.82 Å². The van der Waals surface area contributed by atoms with E-state index in [1.807, 2.05) is 24.3 Å². The summed E-state index contributed by atoms with van der Waals surface area (Å²) in [6.45, 7) is 0.896. The molecule has 0 saturated carbocycles. The molecule has 2 aromatic rings. The van der Waals surface area contributed by atoms with Gasteiger partial charge in [-0.05, 0) is 36.1 Å². The second kappa shape index (κ2) is 8.78. The molecule has 0 aliphatic rings. The molecule has 0 heterocycles. The van der Waals surface area contributed by atoms with Crippen molar-refractivity contribution in [3.05, 3.63) is 65.5 Å². The zero-order valence-electron chi connectivity index (χ0n) is 13.1. The van der Waals surface area contributed by atoms with Crippen molar-refractivity contribution in [2.24, 2.45) is 0 Å². The lowest BCUT2D eigenvalue weighted by Crippen LogP contribution is -2.37. The van der Waals surface area contributed by atoms with Gasteiger partial charge in [0, 0.05) is 13.1 Å². The lowest BCUT2D eigenvalue weighted by molar-refractivity contribution is 0.241. The molecule has 0 unspecified atom stereocenters. The van der Waals surface area contributed by atoms with Gasteiger partial charge in [-0.25, -0.2) is 9.18 Å². The number of benzene rings is 2. The minimum Gasteiger partial charge on any atom is -0.496 e. The summed E-state index contributed by atoms with van der Waals surface area (Å²) in [4.78, 5) is 11.7. The average Bonchev–Trinajstić information content (AvgIpc) is 2.57. The number of ether oxygens (including phenoxy) is 1. The normalized spacial score (nSPS) is 10.2. The number of halogens is 1. The number of amides is 2. The Labute approximate surface area is 135 Å². The molecular formula is C18H21FN2O2. The van der Waals surface area contributed by atoms with Crippen LogP contribution in [-0.4, -0.2) is 26.2 Å². The Balaban J connectivity index is 1.68. The molecule has 122 valence electrons. The molecule has 0 aliphatic carbocycles. The highest BCUT2D eigenvalue weighted by Gasteiger charge is 2.04. The Morgan fingerprint density at radius 2 is 1.52 bits per heavy atom. The number of carbonyl (C=O) groups excluding carboxylic acids is 1. The maximum atomic E-state index is 13.4. The maximum Gasteiger partial charge on any atom is 0.314 e. The molecule has 0 fully saturated rings. The summed E-state index contributed by atoms with van der Waals surface area (Å²) in [5.74, 6) is 0.570. The summed E-state index contributed by atoms with van der Waals surface area (Å²) in [7, 11) is 1.63. The molecule has 0 radical (unpaired) electrons. The monoisotopic (exact) mass is 316 g/mol. The largest absolute Gasteiger partial charge is 0.496 e. The van der Waals surface area contributed by atoms with Crippen LogP contribution < -0.4 is 15.4 Å². The molecule has 0 spiro atoms. The number of carbonyl (C=O) groups is 1. The Bertz CT molecular complexity index is 646. The first-order chi connectivity index (χ1) is 11.2.